The van der Waals surface area contributed by atoms with Gasteiger partial charge in [0, 0.05) is 27.8 Å². The molecule has 0 fully saturated rings. The second-order valence-electron chi connectivity index (χ2n) is 5.92. The van der Waals surface area contributed by atoms with E-state index >= 15 is 0 Å². The van der Waals surface area contributed by atoms with E-state index in [1.807, 2.05) is 38.3 Å². The summed E-state index contributed by atoms with van der Waals surface area (Å²) in [4.78, 5) is 31.6. The summed E-state index contributed by atoms with van der Waals surface area (Å²) in [5.41, 5.74) is 0.791. The van der Waals surface area contributed by atoms with Crippen LogP contribution in [0.4, 0.5) is 0 Å². The highest BCUT2D eigenvalue weighted by Gasteiger charge is 2.21. The number of aryl methyl sites for hydroxylation is 1. The van der Waals surface area contributed by atoms with Gasteiger partial charge in [0.05, 0.1) is 11.8 Å². The maximum absolute atomic E-state index is 13.1. The molecule has 0 aromatic carbocycles. The van der Waals surface area contributed by atoms with Crippen molar-refractivity contribution in [3.63, 3.8) is 0 Å². The molecule has 0 atom stereocenters. The summed E-state index contributed by atoms with van der Waals surface area (Å²) < 4.78 is 1.53. The van der Waals surface area contributed by atoms with Gasteiger partial charge in [-0.25, -0.2) is 4.98 Å². The van der Waals surface area contributed by atoms with Crippen molar-refractivity contribution in [1.82, 2.24) is 9.55 Å². The van der Waals surface area contributed by atoms with E-state index in [9.17, 15) is 9.59 Å². The molecule has 7 heteroatoms. The fraction of sp³-hybridized carbons (Fsp3) is 0.353. The normalized spacial score (nSPS) is 11.5. The van der Waals surface area contributed by atoms with E-state index in [2.05, 4.69) is 0 Å². The van der Waals surface area contributed by atoms with Gasteiger partial charge in [-0.15, -0.1) is 22.7 Å². The lowest BCUT2D eigenvalue weighted by Crippen LogP contribution is -2.27. The van der Waals surface area contributed by atoms with E-state index in [-0.39, 0.29) is 24.4 Å². The number of carbonyl (C=O) groups is 1. The van der Waals surface area contributed by atoms with Crippen LogP contribution in [-0.4, -0.2) is 20.6 Å². The maximum atomic E-state index is 13.1. The quantitative estimate of drug-likeness (QED) is 0.742. The SMILES string of the molecule is Cc1sc2nc(C(C)C)n(CCC(=O)O)c(=O)c2c1-c1cccs1. The monoisotopic (exact) mass is 362 g/mol. The first-order valence-corrected chi connectivity index (χ1v) is 9.39. The summed E-state index contributed by atoms with van der Waals surface area (Å²) in [5.74, 6) is -0.229. The third kappa shape index (κ3) is 2.89. The number of rotatable bonds is 5. The molecule has 0 aliphatic carbocycles. The summed E-state index contributed by atoms with van der Waals surface area (Å²) in [6.45, 7) is 6.07. The van der Waals surface area contributed by atoms with Crippen LogP contribution in [0.5, 0.6) is 0 Å². The fourth-order valence-corrected chi connectivity index (χ4v) is 4.73. The number of carboxylic acids is 1. The molecular formula is C17H18N2O3S2. The Balaban J connectivity index is 2.30. The van der Waals surface area contributed by atoms with Gasteiger partial charge in [0.1, 0.15) is 10.7 Å². The van der Waals surface area contributed by atoms with E-state index in [0.717, 1.165) is 20.1 Å². The molecule has 0 radical (unpaired) electrons. The van der Waals surface area contributed by atoms with E-state index in [1.54, 1.807) is 11.3 Å². The Labute approximate surface area is 147 Å². The number of nitrogens with zero attached hydrogens (tertiary/aromatic N) is 2. The van der Waals surface area contributed by atoms with Gasteiger partial charge in [-0.1, -0.05) is 19.9 Å². The Hall–Kier alpha value is -1.99. The molecule has 0 saturated carbocycles. The highest BCUT2D eigenvalue weighted by atomic mass is 32.1. The zero-order valence-electron chi connectivity index (χ0n) is 13.7. The summed E-state index contributed by atoms with van der Waals surface area (Å²) in [6, 6.07) is 3.96. The molecule has 0 aliphatic heterocycles. The fourth-order valence-electron chi connectivity index (χ4n) is 2.79. The van der Waals surface area contributed by atoms with Crippen molar-refractivity contribution in [1.29, 1.82) is 0 Å². The second-order valence-corrected chi connectivity index (χ2v) is 8.07. The Morgan fingerprint density at radius 3 is 2.75 bits per heavy atom. The second kappa shape index (κ2) is 6.49. The van der Waals surface area contributed by atoms with Crippen molar-refractivity contribution >= 4 is 38.9 Å². The molecule has 0 saturated heterocycles. The van der Waals surface area contributed by atoms with Crippen LogP contribution < -0.4 is 5.56 Å². The largest absolute Gasteiger partial charge is 0.481 e. The Bertz CT molecular complexity index is 953. The van der Waals surface area contributed by atoms with E-state index in [4.69, 9.17) is 10.1 Å². The number of aromatic nitrogens is 2. The van der Waals surface area contributed by atoms with Gasteiger partial charge in [0.25, 0.3) is 5.56 Å². The molecule has 126 valence electrons. The lowest BCUT2D eigenvalue weighted by molar-refractivity contribution is -0.137. The van der Waals surface area contributed by atoms with Gasteiger partial charge in [-0.3, -0.25) is 14.2 Å². The Morgan fingerprint density at radius 1 is 1.42 bits per heavy atom. The first-order chi connectivity index (χ1) is 11.4. The van der Waals surface area contributed by atoms with Gasteiger partial charge < -0.3 is 5.11 Å². The molecule has 3 aromatic heterocycles. The molecule has 1 N–H and O–H groups in total. The smallest absolute Gasteiger partial charge is 0.305 e. The Kier molecular flexibility index (Phi) is 4.56. The number of hydrogen-bond donors (Lipinski definition) is 1. The third-order valence-corrected chi connectivity index (χ3v) is 5.74. The molecule has 3 heterocycles. The van der Waals surface area contributed by atoms with Crippen LogP contribution in [0.1, 0.15) is 36.9 Å². The van der Waals surface area contributed by atoms with Gasteiger partial charge in [-0.05, 0) is 18.4 Å². The molecule has 0 unspecified atom stereocenters. The summed E-state index contributed by atoms with van der Waals surface area (Å²) in [7, 11) is 0. The van der Waals surface area contributed by atoms with E-state index in [0.29, 0.717) is 11.2 Å². The average molecular weight is 362 g/mol. The van der Waals surface area contributed by atoms with Crippen LogP contribution in [0.3, 0.4) is 0 Å². The van der Waals surface area contributed by atoms with Gasteiger partial charge >= 0.3 is 5.97 Å². The van der Waals surface area contributed by atoms with Gasteiger partial charge in [0.2, 0.25) is 0 Å². The predicted octanol–water partition coefficient (Wildman–Crippen LogP) is 4.09. The lowest BCUT2D eigenvalue weighted by atomic mass is 10.1. The number of aliphatic carboxylic acids is 1. The lowest BCUT2D eigenvalue weighted by Gasteiger charge is -2.14. The van der Waals surface area contributed by atoms with Crippen LogP contribution in [0.15, 0.2) is 22.3 Å². The summed E-state index contributed by atoms with van der Waals surface area (Å²) in [6.07, 6.45) is -0.0930. The molecular weight excluding hydrogens is 344 g/mol. The zero-order valence-corrected chi connectivity index (χ0v) is 15.3. The zero-order chi connectivity index (χ0) is 17.4. The standard InChI is InChI=1S/C17H18N2O3S2/c1-9(2)15-18-16-14(17(22)19(15)7-6-12(20)21)13(10(3)24-16)11-5-4-8-23-11/h4-5,8-9H,6-7H2,1-3H3,(H,20,21). The van der Waals surface area contributed by atoms with Crippen LogP contribution in [0, 0.1) is 6.92 Å². The van der Waals surface area contributed by atoms with Crippen LogP contribution in [0.2, 0.25) is 0 Å². The summed E-state index contributed by atoms with van der Waals surface area (Å²) in [5, 5.41) is 11.6. The van der Waals surface area contributed by atoms with Crippen molar-refractivity contribution in [3.8, 4) is 10.4 Å². The minimum Gasteiger partial charge on any atom is -0.481 e. The highest BCUT2D eigenvalue weighted by Crippen LogP contribution is 2.38. The first-order valence-electron chi connectivity index (χ1n) is 7.69. The van der Waals surface area contributed by atoms with Crippen LogP contribution in [0.25, 0.3) is 20.7 Å². The molecule has 3 aromatic rings. The molecule has 0 spiro atoms. The van der Waals surface area contributed by atoms with Crippen molar-refractivity contribution in [2.24, 2.45) is 0 Å². The van der Waals surface area contributed by atoms with Crippen molar-refractivity contribution in [3.05, 3.63) is 38.6 Å². The minimum absolute atomic E-state index is 0.0449. The topological polar surface area (TPSA) is 72.2 Å². The van der Waals surface area contributed by atoms with Crippen molar-refractivity contribution < 1.29 is 9.90 Å². The minimum atomic E-state index is -0.920. The molecule has 0 aliphatic rings. The van der Waals surface area contributed by atoms with Crippen LogP contribution in [-0.2, 0) is 11.3 Å². The molecule has 3 rings (SSSR count). The van der Waals surface area contributed by atoms with Crippen molar-refractivity contribution in [2.45, 2.75) is 39.7 Å². The third-order valence-electron chi connectivity index (χ3n) is 3.85. The summed E-state index contributed by atoms with van der Waals surface area (Å²) >= 11 is 3.11. The number of carboxylic acid groups (broad SMARTS) is 1. The molecule has 5 nitrogen and oxygen atoms in total. The first kappa shape index (κ1) is 16.9. The van der Waals surface area contributed by atoms with E-state index in [1.165, 1.54) is 15.9 Å². The maximum Gasteiger partial charge on any atom is 0.305 e. The molecule has 0 bridgehead atoms. The Morgan fingerprint density at radius 2 is 2.17 bits per heavy atom. The average Bonchev–Trinajstić information content (AvgIpc) is 3.12. The predicted molar refractivity (Wildman–Crippen MR) is 98.3 cm³/mol. The van der Waals surface area contributed by atoms with Gasteiger partial charge in [-0.2, -0.15) is 0 Å². The van der Waals surface area contributed by atoms with E-state index < -0.39 is 5.97 Å². The highest BCUT2D eigenvalue weighted by molar-refractivity contribution is 7.20. The number of hydrogen-bond acceptors (Lipinski definition) is 5. The van der Waals surface area contributed by atoms with Crippen LogP contribution >= 0.6 is 22.7 Å². The number of fused-ring (bicyclic) bond motifs is 1. The molecule has 24 heavy (non-hydrogen) atoms. The number of thiophene rings is 2. The van der Waals surface area contributed by atoms with Gasteiger partial charge in [0.15, 0.2) is 0 Å². The van der Waals surface area contributed by atoms with Crippen molar-refractivity contribution in [2.75, 3.05) is 0 Å². The molecule has 0 amide bonds.